The maximum atomic E-state index is 12.7. The fraction of sp³-hybridized carbons (Fsp3) is 0.100. The highest BCUT2D eigenvalue weighted by atomic mass is 32.2. The number of benzene rings is 3. The maximum Gasteiger partial charge on any atom is 0.261 e. The Kier molecular flexibility index (Phi) is 5.25. The molecular weight excluding hydrogens is 442 g/mol. The van der Waals surface area contributed by atoms with E-state index in [1.807, 2.05) is 23.5 Å². The molecule has 9 nitrogen and oxygen atoms in total. The zero-order valence-corrected chi connectivity index (χ0v) is 17.6. The van der Waals surface area contributed by atoms with Gasteiger partial charge in [0.1, 0.15) is 0 Å². The van der Waals surface area contributed by atoms with Crippen molar-refractivity contribution >= 4 is 48.3 Å². The highest BCUT2D eigenvalue weighted by molar-refractivity contribution is 7.92. The van der Waals surface area contributed by atoms with Crippen molar-refractivity contribution in [1.29, 1.82) is 0 Å². The van der Waals surface area contributed by atoms with E-state index in [1.165, 1.54) is 30.3 Å². The van der Waals surface area contributed by atoms with Crippen LogP contribution in [0, 0.1) is 0 Å². The molecule has 11 heteroatoms. The molecule has 0 unspecified atom stereocenters. The van der Waals surface area contributed by atoms with Crippen LogP contribution < -0.4 is 10.0 Å². The van der Waals surface area contributed by atoms with Crippen LogP contribution in [0.4, 0.5) is 5.69 Å². The van der Waals surface area contributed by atoms with Crippen LogP contribution in [0.2, 0.25) is 0 Å². The van der Waals surface area contributed by atoms with Gasteiger partial charge in [0.05, 0.1) is 22.9 Å². The summed E-state index contributed by atoms with van der Waals surface area (Å²) in [5.41, 5.74) is 0.166. The largest absolute Gasteiger partial charge is 0.294 e. The van der Waals surface area contributed by atoms with E-state index in [-0.39, 0.29) is 15.5 Å². The molecule has 1 aliphatic heterocycles. The van der Waals surface area contributed by atoms with Crippen LogP contribution in [0.3, 0.4) is 0 Å². The van der Waals surface area contributed by atoms with Gasteiger partial charge in [0, 0.05) is 5.69 Å². The van der Waals surface area contributed by atoms with Crippen molar-refractivity contribution in [3.05, 3.63) is 66.7 Å². The van der Waals surface area contributed by atoms with E-state index in [1.54, 1.807) is 18.2 Å². The van der Waals surface area contributed by atoms with E-state index in [4.69, 9.17) is 0 Å². The lowest BCUT2D eigenvalue weighted by atomic mass is 10.1. The van der Waals surface area contributed by atoms with Crippen LogP contribution in [-0.4, -0.2) is 46.0 Å². The van der Waals surface area contributed by atoms with Gasteiger partial charge in [-0.2, -0.15) is 4.31 Å². The minimum absolute atomic E-state index is 0.0701. The number of piperazine rings is 1. The summed E-state index contributed by atoms with van der Waals surface area (Å²) >= 11 is 0. The Balaban J connectivity index is 1.56. The number of carbonyl (C=O) groups is 2. The van der Waals surface area contributed by atoms with Gasteiger partial charge < -0.3 is 0 Å². The second-order valence-corrected chi connectivity index (χ2v) is 10.5. The third kappa shape index (κ3) is 4.29. The number of anilines is 1. The summed E-state index contributed by atoms with van der Waals surface area (Å²) < 4.78 is 54.0. The molecule has 0 radical (unpaired) electrons. The van der Waals surface area contributed by atoms with E-state index >= 15 is 0 Å². The van der Waals surface area contributed by atoms with Gasteiger partial charge in [-0.05, 0) is 47.2 Å². The molecule has 3 aromatic rings. The molecule has 1 fully saturated rings. The number of hydrogen-bond acceptors (Lipinski definition) is 6. The summed E-state index contributed by atoms with van der Waals surface area (Å²) in [6.45, 7) is -0.936. The number of carbonyl (C=O) groups excluding carboxylic acids is 2. The highest BCUT2D eigenvalue weighted by Gasteiger charge is 2.32. The fourth-order valence-electron chi connectivity index (χ4n) is 3.17. The van der Waals surface area contributed by atoms with Gasteiger partial charge in [0.2, 0.25) is 21.8 Å². The lowest BCUT2D eigenvalue weighted by Gasteiger charge is -2.24. The standard InChI is InChI=1S/C20H17N3O6S2/c24-19-12-23(13-20(25)21-19)31(28,29)17-9-6-16(7-10-17)22-30(26,27)18-8-5-14-3-1-2-4-15(14)11-18/h1-11,22H,12-13H2,(H,21,24,25). The quantitative estimate of drug-likeness (QED) is 0.553. The minimum atomic E-state index is -4.09. The Labute approximate surface area is 178 Å². The molecule has 1 heterocycles. The van der Waals surface area contributed by atoms with Gasteiger partial charge in [-0.1, -0.05) is 30.3 Å². The third-order valence-electron chi connectivity index (χ3n) is 4.69. The van der Waals surface area contributed by atoms with Crippen molar-refractivity contribution in [3.63, 3.8) is 0 Å². The number of hydrogen-bond donors (Lipinski definition) is 2. The SMILES string of the molecule is O=C1CN(S(=O)(=O)c2ccc(NS(=O)(=O)c3ccc4ccccc4c3)cc2)CC(=O)N1. The predicted octanol–water partition coefficient (Wildman–Crippen LogP) is 1.29. The number of nitrogens with zero attached hydrogens (tertiary/aromatic N) is 1. The molecule has 3 aromatic carbocycles. The van der Waals surface area contributed by atoms with Gasteiger partial charge in [-0.3, -0.25) is 19.6 Å². The maximum absolute atomic E-state index is 12.7. The Morgan fingerprint density at radius 3 is 1.97 bits per heavy atom. The van der Waals surface area contributed by atoms with E-state index in [2.05, 4.69) is 4.72 Å². The topological polar surface area (TPSA) is 130 Å². The molecule has 1 saturated heterocycles. The van der Waals surface area contributed by atoms with Crippen LogP contribution >= 0.6 is 0 Å². The molecule has 31 heavy (non-hydrogen) atoms. The lowest BCUT2D eigenvalue weighted by Crippen LogP contribution is -2.53. The zero-order valence-electron chi connectivity index (χ0n) is 16.0. The summed E-state index contributed by atoms with van der Waals surface area (Å²) in [6, 6.07) is 17.1. The molecule has 2 N–H and O–H groups in total. The molecule has 2 amide bonds. The molecule has 0 spiro atoms. The van der Waals surface area contributed by atoms with E-state index in [0.29, 0.717) is 0 Å². The Morgan fingerprint density at radius 1 is 0.742 bits per heavy atom. The molecule has 0 saturated carbocycles. The first-order valence-corrected chi connectivity index (χ1v) is 12.0. The monoisotopic (exact) mass is 459 g/mol. The number of rotatable bonds is 5. The van der Waals surface area contributed by atoms with Gasteiger partial charge in [0.25, 0.3) is 10.0 Å². The van der Waals surface area contributed by atoms with Crippen molar-refractivity contribution in [2.75, 3.05) is 17.8 Å². The zero-order chi connectivity index (χ0) is 22.2. The molecule has 160 valence electrons. The van der Waals surface area contributed by atoms with Gasteiger partial charge in [-0.25, -0.2) is 16.8 Å². The minimum Gasteiger partial charge on any atom is -0.294 e. The van der Waals surface area contributed by atoms with Crippen molar-refractivity contribution in [3.8, 4) is 0 Å². The van der Waals surface area contributed by atoms with Crippen molar-refractivity contribution in [1.82, 2.24) is 9.62 Å². The smallest absolute Gasteiger partial charge is 0.261 e. The van der Waals surface area contributed by atoms with Crippen molar-refractivity contribution < 1.29 is 26.4 Å². The first-order chi connectivity index (χ1) is 14.6. The van der Waals surface area contributed by atoms with Crippen molar-refractivity contribution in [2.24, 2.45) is 0 Å². The first-order valence-electron chi connectivity index (χ1n) is 9.10. The van der Waals surface area contributed by atoms with E-state index in [0.717, 1.165) is 15.1 Å². The van der Waals surface area contributed by atoms with Crippen LogP contribution in [0.5, 0.6) is 0 Å². The third-order valence-corrected chi connectivity index (χ3v) is 7.88. The molecule has 4 rings (SSSR count). The summed E-state index contributed by atoms with van der Waals surface area (Å²) in [5, 5.41) is 3.71. The summed E-state index contributed by atoms with van der Waals surface area (Å²) in [7, 11) is -7.99. The summed E-state index contributed by atoms with van der Waals surface area (Å²) in [6.07, 6.45) is 0. The predicted molar refractivity (Wildman–Crippen MR) is 113 cm³/mol. The first kappa shape index (κ1) is 21.0. The Bertz CT molecular complexity index is 1380. The normalized spacial score (nSPS) is 15.6. The average Bonchev–Trinajstić information content (AvgIpc) is 2.73. The van der Waals surface area contributed by atoms with Crippen molar-refractivity contribution in [2.45, 2.75) is 9.79 Å². The molecule has 1 aliphatic rings. The highest BCUT2D eigenvalue weighted by Crippen LogP contribution is 2.23. The number of nitrogens with one attached hydrogen (secondary N) is 2. The summed E-state index contributed by atoms with van der Waals surface area (Å²) in [4.78, 5) is 22.9. The van der Waals surface area contributed by atoms with Crippen LogP contribution in [0.1, 0.15) is 0 Å². The molecule has 0 aliphatic carbocycles. The molecule has 0 aromatic heterocycles. The summed E-state index contributed by atoms with van der Waals surface area (Å²) in [5.74, 6) is -1.42. The van der Waals surface area contributed by atoms with Gasteiger partial charge >= 0.3 is 0 Å². The van der Waals surface area contributed by atoms with Gasteiger partial charge in [0.15, 0.2) is 0 Å². The van der Waals surface area contributed by atoms with E-state index < -0.39 is 45.0 Å². The Morgan fingerprint density at radius 2 is 1.32 bits per heavy atom. The van der Waals surface area contributed by atoms with Crippen LogP contribution in [0.15, 0.2) is 76.5 Å². The lowest BCUT2D eigenvalue weighted by molar-refractivity contribution is -0.134. The van der Waals surface area contributed by atoms with Gasteiger partial charge in [-0.15, -0.1) is 0 Å². The van der Waals surface area contributed by atoms with Crippen LogP contribution in [0.25, 0.3) is 10.8 Å². The molecule has 0 bridgehead atoms. The molecular formula is C20H17N3O6S2. The second kappa shape index (κ2) is 7.76. The number of sulfonamides is 2. The number of imide groups is 1. The van der Waals surface area contributed by atoms with E-state index in [9.17, 15) is 26.4 Å². The Hall–Kier alpha value is -3.28. The van der Waals surface area contributed by atoms with Crippen LogP contribution in [-0.2, 0) is 29.6 Å². The molecule has 0 atom stereocenters. The second-order valence-electron chi connectivity index (χ2n) is 6.88. The number of fused-ring (bicyclic) bond motifs is 1. The average molecular weight is 460 g/mol. The fourth-order valence-corrected chi connectivity index (χ4v) is 5.62. The number of amides is 2.